The molecule has 1 atom stereocenters. The van der Waals surface area contributed by atoms with Gasteiger partial charge in [-0.3, -0.25) is 4.98 Å². The third-order valence-corrected chi connectivity index (χ3v) is 2.93. The summed E-state index contributed by atoms with van der Waals surface area (Å²) < 4.78 is 5.70. The summed E-state index contributed by atoms with van der Waals surface area (Å²) in [4.78, 5) is 4.36. The molecule has 0 radical (unpaired) electrons. The molecule has 0 fully saturated rings. The van der Waals surface area contributed by atoms with Gasteiger partial charge < -0.3 is 10.1 Å². The fourth-order valence-corrected chi connectivity index (χ4v) is 2.00. The van der Waals surface area contributed by atoms with Crippen molar-refractivity contribution in [3.63, 3.8) is 0 Å². The Bertz CT molecular complexity index is 389. The van der Waals surface area contributed by atoms with E-state index in [0.717, 1.165) is 37.4 Å². The van der Waals surface area contributed by atoms with Crippen LogP contribution in [0.25, 0.3) is 0 Å². The molecule has 92 valence electrons. The SMILES string of the molecule is CCNC(C1=CCCCO1)c1ccc(Cl)cn1. The normalized spacial score (nSPS) is 17.2. The number of ether oxygens (including phenoxy) is 1. The van der Waals surface area contributed by atoms with E-state index < -0.39 is 0 Å². The highest BCUT2D eigenvalue weighted by atomic mass is 35.5. The van der Waals surface area contributed by atoms with Crippen molar-refractivity contribution >= 4 is 11.6 Å². The molecular weight excluding hydrogens is 236 g/mol. The second-order valence-electron chi connectivity index (χ2n) is 3.99. The fraction of sp³-hybridized carbons (Fsp3) is 0.462. The average Bonchev–Trinajstić information content (AvgIpc) is 2.38. The zero-order chi connectivity index (χ0) is 12.1. The summed E-state index contributed by atoms with van der Waals surface area (Å²) in [5, 5.41) is 4.04. The minimum atomic E-state index is 0.0394. The van der Waals surface area contributed by atoms with Crippen LogP contribution in [0.15, 0.2) is 30.2 Å². The van der Waals surface area contributed by atoms with Crippen molar-refractivity contribution < 1.29 is 4.74 Å². The first-order chi connectivity index (χ1) is 8.31. The lowest BCUT2D eigenvalue weighted by Gasteiger charge is -2.24. The van der Waals surface area contributed by atoms with Crippen LogP contribution in [0.3, 0.4) is 0 Å². The van der Waals surface area contributed by atoms with Crippen molar-refractivity contribution in [3.05, 3.63) is 40.9 Å². The van der Waals surface area contributed by atoms with Gasteiger partial charge in [-0.15, -0.1) is 0 Å². The molecule has 0 saturated carbocycles. The summed E-state index contributed by atoms with van der Waals surface area (Å²) in [7, 11) is 0. The van der Waals surface area contributed by atoms with Crippen LogP contribution in [0.2, 0.25) is 5.02 Å². The van der Waals surface area contributed by atoms with Gasteiger partial charge >= 0.3 is 0 Å². The van der Waals surface area contributed by atoms with Gasteiger partial charge in [0, 0.05) is 6.20 Å². The third-order valence-electron chi connectivity index (χ3n) is 2.70. The van der Waals surface area contributed by atoms with Crippen LogP contribution in [0.4, 0.5) is 0 Å². The molecule has 0 aliphatic carbocycles. The maximum Gasteiger partial charge on any atom is 0.115 e. The topological polar surface area (TPSA) is 34.1 Å². The molecule has 1 unspecified atom stereocenters. The Hall–Kier alpha value is -1.06. The second-order valence-corrected chi connectivity index (χ2v) is 4.43. The molecule has 1 N–H and O–H groups in total. The Morgan fingerprint density at radius 2 is 2.41 bits per heavy atom. The average molecular weight is 253 g/mol. The van der Waals surface area contributed by atoms with Crippen molar-refractivity contribution in [2.45, 2.75) is 25.8 Å². The first-order valence-corrected chi connectivity index (χ1v) is 6.36. The highest BCUT2D eigenvalue weighted by molar-refractivity contribution is 6.30. The molecule has 0 spiro atoms. The lowest BCUT2D eigenvalue weighted by Crippen LogP contribution is -2.26. The van der Waals surface area contributed by atoms with Crippen molar-refractivity contribution in [1.82, 2.24) is 10.3 Å². The number of rotatable bonds is 4. The number of hydrogen-bond donors (Lipinski definition) is 1. The smallest absolute Gasteiger partial charge is 0.115 e. The van der Waals surface area contributed by atoms with Crippen LogP contribution < -0.4 is 5.32 Å². The minimum Gasteiger partial charge on any atom is -0.496 e. The molecule has 2 rings (SSSR count). The van der Waals surface area contributed by atoms with Gasteiger partial charge in [0.1, 0.15) is 11.8 Å². The van der Waals surface area contributed by atoms with Gasteiger partial charge in [-0.05, 0) is 37.6 Å². The van der Waals surface area contributed by atoms with E-state index in [4.69, 9.17) is 16.3 Å². The molecule has 1 aliphatic rings. The third kappa shape index (κ3) is 3.20. The van der Waals surface area contributed by atoms with Crippen LogP contribution in [0, 0.1) is 0 Å². The molecule has 1 aromatic rings. The van der Waals surface area contributed by atoms with Gasteiger partial charge in [0.15, 0.2) is 0 Å². The van der Waals surface area contributed by atoms with Gasteiger partial charge in [0.2, 0.25) is 0 Å². The van der Waals surface area contributed by atoms with E-state index >= 15 is 0 Å². The summed E-state index contributed by atoms with van der Waals surface area (Å²) in [5.41, 5.74) is 0.949. The Kier molecular flexibility index (Phi) is 4.40. The number of nitrogens with one attached hydrogen (secondary N) is 1. The molecule has 0 saturated heterocycles. The highest BCUT2D eigenvalue weighted by Crippen LogP contribution is 2.25. The largest absolute Gasteiger partial charge is 0.496 e. The number of aromatic nitrogens is 1. The molecule has 1 aliphatic heterocycles. The Morgan fingerprint density at radius 1 is 1.53 bits per heavy atom. The summed E-state index contributed by atoms with van der Waals surface area (Å²) in [6.45, 7) is 3.74. The van der Waals surface area contributed by atoms with E-state index in [1.54, 1.807) is 6.20 Å². The number of nitrogens with zero attached hydrogens (tertiary/aromatic N) is 1. The number of allylic oxidation sites excluding steroid dienone is 1. The molecule has 0 bridgehead atoms. The van der Waals surface area contributed by atoms with Gasteiger partial charge in [-0.25, -0.2) is 0 Å². The van der Waals surface area contributed by atoms with Crippen molar-refractivity contribution in [1.29, 1.82) is 0 Å². The number of hydrogen-bond acceptors (Lipinski definition) is 3. The first kappa shape index (κ1) is 12.4. The van der Waals surface area contributed by atoms with E-state index in [1.807, 2.05) is 12.1 Å². The second kappa shape index (κ2) is 6.03. The monoisotopic (exact) mass is 252 g/mol. The molecule has 4 heteroatoms. The van der Waals surface area contributed by atoms with Gasteiger partial charge in [-0.2, -0.15) is 0 Å². The predicted molar refractivity (Wildman–Crippen MR) is 68.9 cm³/mol. The standard InChI is InChI=1S/C13H17ClN2O/c1-2-15-13(12-5-3-4-8-17-12)11-7-6-10(14)9-16-11/h5-7,9,13,15H,2-4,8H2,1H3. The molecule has 0 aromatic carbocycles. The van der Waals surface area contributed by atoms with Crippen LogP contribution in [0.5, 0.6) is 0 Å². The Labute approximate surface area is 107 Å². The molecule has 17 heavy (non-hydrogen) atoms. The zero-order valence-corrected chi connectivity index (χ0v) is 10.7. The van der Waals surface area contributed by atoms with E-state index in [1.165, 1.54) is 0 Å². The lowest BCUT2D eigenvalue weighted by atomic mass is 10.1. The van der Waals surface area contributed by atoms with Crippen molar-refractivity contribution in [3.8, 4) is 0 Å². The van der Waals surface area contributed by atoms with E-state index in [-0.39, 0.29) is 6.04 Å². The maximum atomic E-state index is 5.85. The maximum absolute atomic E-state index is 5.85. The highest BCUT2D eigenvalue weighted by Gasteiger charge is 2.19. The lowest BCUT2D eigenvalue weighted by molar-refractivity contribution is 0.167. The molecule has 3 nitrogen and oxygen atoms in total. The summed E-state index contributed by atoms with van der Waals surface area (Å²) in [6.07, 6.45) is 5.99. The van der Waals surface area contributed by atoms with Crippen LogP contribution in [-0.4, -0.2) is 18.1 Å². The van der Waals surface area contributed by atoms with Gasteiger partial charge in [-0.1, -0.05) is 18.5 Å². The molecule has 0 amide bonds. The van der Waals surface area contributed by atoms with E-state index in [0.29, 0.717) is 5.02 Å². The van der Waals surface area contributed by atoms with Crippen molar-refractivity contribution in [2.75, 3.05) is 13.2 Å². The van der Waals surface area contributed by atoms with Crippen LogP contribution in [0.1, 0.15) is 31.5 Å². The number of pyridine rings is 1. The minimum absolute atomic E-state index is 0.0394. The van der Waals surface area contributed by atoms with E-state index in [2.05, 4.69) is 23.3 Å². The zero-order valence-electron chi connectivity index (χ0n) is 9.95. The summed E-state index contributed by atoms with van der Waals surface area (Å²) >= 11 is 5.85. The van der Waals surface area contributed by atoms with Crippen molar-refractivity contribution in [2.24, 2.45) is 0 Å². The van der Waals surface area contributed by atoms with Crippen LogP contribution >= 0.6 is 11.6 Å². The summed E-state index contributed by atoms with van der Waals surface area (Å²) in [6, 6.07) is 3.84. The van der Waals surface area contributed by atoms with E-state index in [9.17, 15) is 0 Å². The number of halogens is 1. The molecular formula is C13H17ClN2O. The molecule has 2 heterocycles. The first-order valence-electron chi connectivity index (χ1n) is 5.99. The van der Waals surface area contributed by atoms with Gasteiger partial charge in [0.25, 0.3) is 0 Å². The predicted octanol–water partition coefficient (Wildman–Crippen LogP) is 3.08. The van der Waals surface area contributed by atoms with Crippen LogP contribution in [-0.2, 0) is 4.74 Å². The molecule has 1 aromatic heterocycles. The number of likely N-dealkylation sites (N-methyl/N-ethyl adjacent to an activating group) is 1. The Morgan fingerprint density at radius 3 is 3.00 bits per heavy atom. The van der Waals surface area contributed by atoms with Gasteiger partial charge in [0.05, 0.1) is 17.3 Å². The Balaban J connectivity index is 2.21. The fourth-order valence-electron chi connectivity index (χ4n) is 1.89. The summed E-state index contributed by atoms with van der Waals surface area (Å²) in [5.74, 6) is 0.980. The quantitative estimate of drug-likeness (QED) is 0.894.